The van der Waals surface area contributed by atoms with E-state index in [1.165, 1.54) is 27.6 Å². The molecule has 1 aliphatic heterocycles. The summed E-state index contributed by atoms with van der Waals surface area (Å²) in [5.41, 5.74) is 1.54. The number of rotatable bonds is 6. The van der Waals surface area contributed by atoms with Crippen LogP contribution in [0, 0.1) is 11.3 Å². The molecule has 0 spiro atoms. The van der Waals surface area contributed by atoms with Gasteiger partial charge in [-0.2, -0.15) is 8.78 Å². The largest absolute Gasteiger partial charge is 0.430 e. The Morgan fingerprint density at radius 2 is 1.92 bits per heavy atom. The van der Waals surface area contributed by atoms with Crippen LogP contribution in [0.5, 0.6) is 5.75 Å². The fourth-order valence-electron chi connectivity index (χ4n) is 2.21. The van der Waals surface area contributed by atoms with Crippen molar-refractivity contribution in [2.75, 3.05) is 18.4 Å². The number of anilines is 2. The third-order valence-corrected chi connectivity index (χ3v) is 3.63. The first-order chi connectivity index (χ1) is 11.4. The SMILES string of the molecule is N=C(c1nccnc1Nc1ccc(OC(F)(F)P)cc1)C1CNC1. The molecule has 2 aromatic rings. The molecule has 6 nitrogen and oxygen atoms in total. The lowest BCUT2D eigenvalue weighted by Gasteiger charge is -2.27. The highest BCUT2D eigenvalue weighted by molar-refractivity contribution is 7.17. The molecule has 9 heteroatoms. The molecule has 1 saturated heterocycles. The zero-order valence-corrected chi connectivity index (χ0v) is 13.7. The Labute approximate surface area is 139 Å². The Kier molecular flexibility index (Phi) is 4.69. The van der Waals surface area contributed by atoms with Crippen LogP contribution in [0.4, 0.5) is 20.3 Å². The van der Waals surface area contributed by atoms with E-state index < -0.39 is 5.85 Å². The zero-order chi connectivity index (χ0) is 17.2. The van der Waals surface area contributed by atoms with Crippen molar-refractivity contribution in [2.24, 2.45) is 5.92 Å². The third kappa shape index (κ3) is 4.01. The van der Waals surface area contributed by atoms with Gasteiger partial charge < -0.3 is 20.8 Å². The van der Waals surface area contributed by atoms with Gasteiger partial charge in [-0.1, -0.05) is 0 Å². The summed E-state index contributed by atoms with van der Waals surface area (Å²) in [5, 5.41) is 14.4. The predicted octanol–water partition coefficient (Wildman–Crippen LogP) is 2.61. The summed E-state index contributed by atoms with van der Waals surface area (Å²) in [6, 6.07) is 6.05. The fraction of sp³-hybridized carbons (Fsp3) is 0.267. The molecule has 0 aliphatic carbocycles. The highest BCUT2D eigenvalue weighted by Gasteiger charge is 2.26. The molecule has 1 aromatic carbocycles. The number of aromatic nitrogens is 2. The maximum Gasteiger partial charge on any atom is 0.408 e. The van der Waals surface area contributed by atoms with Crippen LogP contribution in [-0.2, 0) is 0 Å². The highest BCUT2D eigenvalue weighted by atomic mass is 31.0. The zero-order valence-electron chi connectivity index (χ0n) is 12.6. The quantitative estimate of drug-likeness (QED) is 0.550. The maximum atomic E-state index is 12.8. The predicted molar refractivity (Wildman–Crippen MR) is 90.2 cm³/mol. The van der Waals surface area contributed by atoms with Gasteiger partial charge in [0.25, 0.3) is 0 Å². The van der Waals surface area contributed by atoms with E-state index in [1.807, 2.05) is 0 Å². The number of hydrogen-bond donors (Lipinski definition) is 3. The molecule has 126 valence electrons. The molecular weight excluding hydrogens is 335 g/mol. The van der Waals surface area contributed by atoms with Crippen molar-refractivity contribution in [3.8, 4) is 5.75 Å². The summed E-state index contributed by atoms with van der Waals surface area (Å²) < 4.78 is 30.0. The van der Waals surface area contributed by atoms with Gasteiger partial charge in [-0.25, -0.2) is 9.97 Å². The molecule has 1 fully saturated rings. The highest BCUT2D eigenvalue weighted by Crippen LogP contribution is 2.28. The lowest BCUT2D eigenvalue weighted by Crippen LogP contribution is -2.46. The van der Waals surface area contributed by atoms with Crippen molar-refractivity contribution in [1.82, 2.24) is 15.3 Å². The minimum absolute atomic E-state index is 0.0493. The van der Waals surface area contributed by atoms with E-state index >= 15 is 0 Å². The van der Waals surface area contributed by atoms with Crippen LogP contribution in [0.1, 0.15) is 5.69 Å². The fourth-order valence-corrected chi connectivity index (χ4v) is 2.35. The summed E-state index contributed by atoms with van der Waals surface area (Å²) in [5.74, 6) is -2.67. The standard InChI is InChI=1S/C15H16F2N5OP/c16-15(17,24)23-11-3-1-10(2-4-11)22-14-13(20-5-6-21-14)12(18)9-7-19-8-9/h1-6,9,18-19H,7-8,24H2,(H,21,22). The molecule has 1 aliphatic rings. The first-order valence-electron chi connectivity index (χ1n) is 7.26. The number of ether oxygens (including phenoxy) is 1. The summed E-state index contributed by atoms with van der Waals surface area (Å²) in [7, 11) is 1.32. The van der Waals surface area contributed by atoms with Crippen LogP contribution < -0.4 is 15.4 Å². The van der Waals surface area contributed by atoms with Crippen molar-refractivity contribution in [2.45, 2.75) is 5.85 Å². The Morgan fingerprint density at radius 3 is 2.50 bits per heavy atom. The summed E-state index contributed by atoms with van der Waals surface area (Å²) in [4.78, 5) is 8.47. The van der Waals surface area contributed by atoms with Gasteiger partial charge >= 0.3 is 5.85 Å². The minimum Gasteiger partial charge on any atom is -0.430 e. The van der Waals surface area contributed by atoms with Gasteiger partial charge in [-0.05, 0) is 33.5 Å². The van der Waals surface area contributed by atoms with E-state index in [0.29, 0.717) is 22.9 Å². The van der Waals surface area contributed by atoms with Crippen molar-refractivity contribution < 1.29 is 13.5 Å². The number of halogens is 2. The second kappa shape index (κ2) is 6.75. The topological polar surface area (TPSA) is 82.9 Å². The van der Waals surface area contributed by atoms with Crippen molar-refractivity contribution in [3.05, 3.63) is 42.4 Å². The second-order valence-corrected chi connectivity index (χ2v) is 6.01. The Balaban J connectivity index is 1.75. The molecule has 2 heterocycles. The Morgan fingerprint density at radius 1 is 1.25 bits per heavy atom. The molecule has 1 atom stereocenters. The van der Waals surface area contributed by atoms with E-state index in [0.717, 1.165) is 13.1 Å². The van der Waals surface area contributed by atoms with E-state index in [-0.39, 0.29) is 11.7 Å². The molecule has 1 aromatic heterocycles. The van der Waals surface area contributed by atoms with E-state index in [9.17, 15) is 8.78 Å². The van der Waals surface area contributed by atoms with Crippen LogP contribution in [-0.4, -0.2) is 34.6 Å². The van der Waals surface area contributed by atoms with Crippen molar-refractivity contribution in [3.63, 3.8) is 0 Å². The lowest BCUT2D eigenvalue weighted by molar-refractivity contribution is -0.0892. The molecule has 3 N–H and O–H groups in total. The third-order valence-electron chi connectivity index (χ3n) is 3.51. The van der Waals surface area contributed by atoms with Gasteiger partial charge in [-0.3, -0.25) is 0 Å². The number of hydrogen-bond acceptors (Lipinski definition) is 6. The Hall–Kier alpha value is -2.18. The second-order valence-electron chi connectivity index (χ2n) is 5.34. The summed E-state index contributed by atoms with van der Waals surface area (Å²) in [6.45, 7) is 1.51. The summed E-state index contributed by atoms with van der Waals surface area (Å²) >= 11 is 0. The monoisotopic (exact) mass is 351 g/mol. The van der Waals surface area contributed by atoms with Gasteiger partial charge in [0.05, 0.1) is 5.71 Å². The van der Waals surface area contributed by atoms with Crippen molar-refractivity contribution in [1.29, 1.82) is 5.41 Å². The molecule has 0 amide bonds. The Bertz CT molecular complexity index is 731. The van der Waals surface area contributed by atoms with E-state index in [1.54, 1.807) is 18.3 Å². The van der Waals surface area contributed by atoms with Gasteiger partial charge in [0.15, 0.2) is 5.82 Å². The van der Waals surface area contributed by atoms with Crippen LogP contribution in [0.2, 0.25) is 0 Å². The molecule has 0 bridgehead atoms. The summed E-state index contributed by atoms with van der Waals surface area (Å²) in [6.07, 6.45) is 3.07. The molecule has 24 heavy (non-hydrogen) atoms. The maximum absolute atomic E-state index is 12.8. The average molecular weight is 351 g/mol. The van der Waals surface area contributed by atoms with Crippen molar-refractivity contribution >= 4 is 26.5 Å². The normalized spacial score (nSPS) is 14.8. The molecule has 0 saturated carbocycles. The molecule has 3 rings (SSSR count). The van der Waals surface area contributed by atoms with Crippen LogP contribution in [0.3, 0.4) is 0 Å². The number of alkyl halides is 2. The number of nitrogens with zero attached hydrogens (tertiary/aromatic N) is 2. The average Bonchev–Trinajstić information content (AvgIpc) is 2.46. The minimum atomic E-state index is -3.31. The number of nitrogens with one attached hydrogen (secondary N) is 3. The van der Waals surface area contributed by atoms with Gasteiger partial charge in [0, 0.05) is 37.1 Å². The van der Waals surface area contributed by atoms with Gasteiger partial charge in [0.2, 0.25) is 0 Å². The van der Waals surface area contributed by atoms with Gasteiger partial charge in [0.1, 0.15) is 11.4 Å². The first kappa shape index (κ1) is 16.7. The number of benzene rings is 1. The molecule has 0 radical (unpaired) electrons. The van der Waals surface area contributed by atoms with E-state index in [2.05, 4.69) is 25.3 Å². The smallest absolute Gasteiger partial charge is 0.408 e. The van der Waals surface area contributed by atoms with Crippen LogP contribution in [0.25, 0.3) is 0 Å². The van der Waals surface area contributed by atoms with Crippen LogP contribution in [0.15, 0.2) is 36.7 Å². The van der Waals surface area contributed by atoms with Gasteiger partial charge in [-0.15, -0.1) is 0 Å². The lowest BCUT2D eigenvalue weighted by atomic mass is 9.95. The first-order valence-corrected chi connectivity index (χ1v) is 7.83. The molecular formula is C15H16F2N5OP. The molecule has 1 unspecified atom stereocenters. The van der Waals surface area contributed by atoms with Crippen LogP contribution >= 0.6 is 9.24 Å². The van der Waals surface area contributed by atoms with E-state index in [4.69, 9.17) is 5.41 Å².